The quantitative estimate of drug-likeness (QED) is 0.904. The molecular weight excluding hydrogens is 238 g/mol. The van der Waals surface area contributed by atoms with Crippen LogP contribution in [-0.2, 0) is 13.6 Å². The first-order valence-electron chi connectivity index (χ1n) is 5.60. The lowest BCUT2D eigenvalue weighted by Gasteiger charge is -2.13. The number of nitrogens with zero attached hydrogens (tertiary/aromatic N) is 3. The van der Waals surface area contributed by atoms with E-state index in [0.29, 0.717) is 12.1 Å². The molecule has 1 unspecified atom stereocenters. The van der Waals surface area contributed by atoms with E-state index in [2.05, 4.69) is 15.6 Å². The van der Waals surface area contributed by atoms with Crippen LogP contribution in [0.25, 0.3) is 0 Å². The third-order valence-electron chi connectivity index (χ3n) is 2.68. The highest BCUT2D eigenvalue weighted by atomic mass is 19.2. The number of aryl methyl sites for hydroxylation is 1. The molecule has 1 atom stereocenters. The zero-order chi connectivity index (χ0) is 13.1. The molecule has 0 aliphatic heterocycles. The number of nitrogens with one attached hydrogen (secondary N) is 1. The van der Waals surface area contributed by atoms with Gasteiger partial charge in [-0.2, -0.15) is 0 Å². The number of hydrogen-bond donors (Lipinski definition) is 1. The van der Waals surface area contributed by atoms with Gasteiger partial charge in [-0.05, 0) is 24.6 Å². The summed E-state index contributed by atoms with van der Waals surface area (Å²) in [5, 5.41) is 10.9. The van der Waals surface area contributed by atoms with Crippen LogP contribution in [0.4, 0.5) is 8.78 Å². The summed E-state index contributed by atoms with van der Waals surface area (Å²) in [6, 6.07) is 3.80. The van der Waals surface area contributed by atoms with Crippen molar-refractivity contribution in [1.29, 1.82) is 0 Å². The maximum absolute atomic E-state index is 13.1. The van der Waals surface area contributed by atoms with Gasteiger partial charge in [-0.1, -0.05) is 11.3 Å². The van der Waals surface area contributed by atoms with E-state index >= 15 is 0 Å². The van der Waals surface area contributed by atoms with Crippen molar-refractivity contribution in [3.05, 3.63) is 47.3 Å². The highest BCUT2D eigenvalue weighted by Gasteiger charge is 2.09. The van der Waals surface area contributed by atoms with Gasteiger partial charge in [0.05, 0.1) is 5.69 Å². The first-order chi connectivity index (χ1) is 8.56. The lowest BCUT2D eigenvalue weighted by Crippen LogP contribution is -2.18. The van der Waals surface area contributed by atoms with Crippen molar-refractivity contribution in [1.82, 2.24) is 20.3 Å². The van der Waals surface area contributed by atoms with E-state index in [0.717, 1.165) is 11.8 Å². The second kappa shape index (κ2) is 5.22. The molecule has 2 aromatic rings. The molecule has 0 bridgehead atoms. The lowest BCUT2D eigenvalue weighted by atomic mass is 10.1. The Morgan fingerprint density at radius 2 is 2.11 bits per heavy atom. The summed E-state index contributed by atoms with van der Waals surface area (Å²) in [4.78, 5) is 0. The highest BCUT2D eigenvalue weighted by molar-refractivity contribution is 5.20. The lowest BCUT2D eigenvalue weighted by molar-refractivity contribution is 0.500. The van der Waals surface area contributed by atoms with Gasteiger partial charge in [0, 0.05) is 25.8 Å². The molecule has 1 N–H and O–H groups in total. The predicted molar refractivity (Wildman–Crippen MR) is 62.6 cm³/mol. The first kappa shape index (κ1) is 12.6. The van der Waals surface area contributed by atoms with E-state index in [-0.39, 0.29) is 6.04 Å². The van der Waals surface area contributed by atoms with Crippen molar-refractivity contribution in [3.8, 4) is 0 Å². The van der Waals surface area contributed by atoms with Gasteiger partial charge in [-0.25, -0.2) is 8.78 Å². The van der Waals surface area contributed by atoms with Crippen LogP contribution in [0.2, 0.25) is 0 Å². The molecule has 1 aromatic heterocycles. The van der Waals surface area contributed by atoms with Crippen molar-refractivity contribution in [3.63, 3.8) is 0 Å². The zero-order valence-electron chi connectivity index (χ0n) is 10.2. The van der Waals surface area contributed by atoms with E-state index in [9.17, 15) is 8.78 Å². The van der Waals surface area contributed by atoms with Crippen LogP contribution in [0.3, 0.4) is 0 Å². The Morgan fingerprint density at radius 1 is 1.33 bits per heavy atom. The fourth-order valence-corrected chi connectivity index (χ4v) is 1.63. The molecule has 0 aliphatic rings. The Morgan fingerprint density at radius 3 is 2.72 bits per heavy atom. The number of hydrogen-bond acceptors (Lipinski definition) is 3. The molecule has 1 aromatic carbocycles. The summed E-state index contributed by atoms with van der Waals surface area (Å²) in [5.41, 5.74) is 1.49. The van der Waals surface area contributed by atoms with E-state index < -0.39 is 11.6 Å². The smallest absolute Gasteiger partial charge is 0.159 e. The molecule has 6 heteroatoms. The molecule has 18 heavy (non-hydrogen) atoms. The number of benzene rings is 1. The van der Waals surface area contributed by atoms with Crippen LogP contribution in [0.1, 0.15) is 24.2 Å². The van der Waals surface area contributed by atoms with Crippen LogP contribution in [0.5, 0.6) is 0 Å². The molecule has 0 fully saturated rings. The summed E-state index contributed by atoms with van der Waals surface area (Å²) >= 11 is 0. The van der Waals surface area contributed by atoms with E-state index in [4.69, 9.17) is 0 Å². The van der Waals surface area contributed by atoms with Crippen LogP contribution in [-0.4, -0.2) is 15.0 Å². The Hall–Kier alpha value is -1.82. The zero-order valence-corrected chi connectivity index (χ0v) is 10.2. The summed E-state index contributed by atoms with van der Waals surface area (Å²) in [6.07, 6.45) is 1.80. The first-order valence-corrected chi connectivity index (χ1v) is 5.60. The van der Waals surface area contributed by atoms with Crippen LogP contribution in [0.15, 0.2) is 24.4 Å². The second-order valence-corrected chi connectivity index (χ2v) is 4.16. The molecule has 2 rings (SSSR count). The molecule has 0 radical (unpaired) electrons. The average molecular weight is 252 g/mol. The maximum atomic E-state index is 13.1. The SMILES string of the molecule is CC(NCc1cn(C)nn1)c1ccc(F)c(F)c1. The summed E-state index contributed by atoms with van der Waals surface area (Å²) < 4.78 is 27.5. The number of aromatic nitrogens is 3. The van der Waals surface area contributed by atoms with Gasteiger partial charge in [0.2, 0.25) is 0 Å². The Balaban J connectivity index is 1.99. The van der Waals surface area contributed by atoms with Gasteiger partial charge in [0.25, 0.3) is 0 Å². The molecule has 0 spiro atoms. The fraction of sp³-hybridized carbons (Fsp3) is 0.333. The normalized spacial score (nSPS) is 12.7. The minimum Gasteiger partial charge on any atom is -0.304 e. The van der Waals surface area contributed by atoms with Gasteiger partial charge < -0.3 is 5.32 Å². The molecule has 0 aliphatic carbocycles. The second-order valence-electron chi connectivity index (χ2n) is 4.16. The summed E-state index contributed by atoms with van der Waals surface area (Å²) in [7, 11) is 1.79. The molecular formula is C12H14F2N4. The van der Waals surface area contributed by atoms with Crippen molar-refractivity contribution < 1.29 is 8.78 Å². The van der Waals surface area contributed by atoms with Gasteiger partial charge in [-0.15, -0.1) is 5.10 Å². The van der Waals surface area contributed by atoms with Crippen molar-refractivity contribution in [2.24, 2.45) is 7.05 Å². The van der Waals surface area contributed by atoms with Gasteiger partial charge in [0.1, 0.15) is 0 Å². The van der Waals surface area contributed by atoms with E-state index in [1.54, 1.807) is 24.0 Å². The van der Waals surface area contributed by atoms with Crippen LogP contribution in [0, 0.1) is 11.6 Å². The van der Waals surface area contributed by atoms with Gasteiger partial charge in [0.15, 0.2) is 11.6 Å². The Labute approximate surface area is 104 Å². The van der Waals surface area contributed by atoms with Gasteiger partial charge in [-0.3, -0.25) is 4.68 Å². The molecule has 0 saturated heterocycles. The third kappa shape index (κ3) is 2.89. The van der Waals surface area contributed by atoms with Crippen molar-refractivity contribution in [2.45, 2.75) is 19.5 Å². The topological polar surface area (TPSA) is 42.7 Å². The molecule has 1 heterocycles. The highest BCUT2D eigenvalue weighted by Crippen LogP contribution is 2.16. The average Bonchev–Trinajstić information content (AvgIpc) is 2.75. The van der Waals surface area contributed by atoms with Crippen molar-refractivity contribution >= 4 is 0 Å². The minimum absolute atomic E-state index is 0.0953. The van der Waals surface area contributed by atoms with Crippen LogP contribution >= 0.6 is 0 Å². The Kier molecular flexibility index (Phi) is 3.66. The third-order valence-corrected chi connectivity index (χ3v) is 2.68. The van der Waals surface area contributed by atoms with E-state index in [1.807, 2.05) is 6.92 Å². The van der Waals surface area contributed by atoms with Gasteiger partial charge >= 0.3 is 0 Å². The number of halogens is 2. The largest absolute Gasteiger partial charge is 0.304 e. The molecule has 0 saturated carbocycles. The Bertz CT molecular complexity index is 539. The fourth-order valence-electron chi connectivity index (χ4n) is 1.63. The molecule has 4 nitrogen and oxygen atoms in total. The van der Waals surface area contributed by atoms with Crippen molar-refractivity contribution in [2.75, 3.05) is 0 Å². The predicted octanol–water partition coefficient (Wildman–Crippen LogP) is 1.94. The number of rotatable bonds is 4. The van der Waals surface area contributed by atoms with Crippen LogP contribution < -0.4 is 5.32 Å². The minimum atomic E-state index is -0.833. The standard InChI is InChI=1S/C12H14F2N4/c1-8(9-3-4-11(13)12(14)5-9)15-6-10-7-18(2)17-16-10/h3-5,7-8,15H,6H2,1-2H3. The summed E-state index contributed by atoms with van der Waals surface area (Å²) in [6.45, 7) is 2.40. The molecule has 0 amide bonds. The summed E-state index contributed by atoms with van der Waals surface area (Å²) in [5.74, 6) is -1.67. The maximum Gasteiger partial charge on any atom is 0.159 e. The molecule has 96 valence electrons. The monoisotopic (exact) mass is 252 g/mol. The van der Waals surface area contributed by atoms with E-state index in [1.165, 1.54) is 6.07 Å².